The van der Waals surface area contributed by atoms with E-state index in [2.05, 4.69) is 13.8 Å². The van der Waals surface area contributed by atoms with E-state index in [4.69, 9.17) is 4.74 Å². The molecule has 0 rings (SSSR count). The molecule has 1 N–H and O–H groups in total. The lowest BCUT2D eigenvalue weighted by atomic mass is 10.0. The molecule has 3 nitrogen and oxygen atoms in total. The third kappa shape index (κ3) is 19.6. The first kappa shape index (κ1) is 24.4. The molecule has 0 heterocycles. The number of ether oxygens (including phenoxy) is 1. The predicted octanol–water partition coefficient (Wildman–Crippen LogP) is 6.56. The van der Waals surface area contributed by atoms with Gasteiger partial charge in [-0.2, -0.15) is 0 Å². The number of aliphatic hydroxyl groups excluding tert-OH is 1. The summed E-state index contributed by atoms with van der Waals surface area (Å²) in [5.74, 6) is -0.0262. The maximum absolute atomic E-state index is 11.4. The lowest BCUT2D eigenvalue weighted by molar-refractivity contribution is -0.143. The van der Waals surface area contributed by atoms with E-state index < -0.39 is 0 Å². The van der Waals surface area contributed by atoms with E-state index in [1.54, 1.807) is 0 Å². The Balaban J connectivity index is 3.19. The number of carbonyl (C=O) groups is 1. The summed E-state index contributed by atoms with van der Waals surface area (Å²) >= 11 is 0. The summed E-state index contributed by atoms with van der Waals surface area (Å²) in [7, 11) is 0. The average Bonchev–Trinajstić information content (AvgIpc) is 2.60. The maximum Gasteiger partial charge on any atom is 0.305 e. The van der Waals surface area contributed by atoms with E-state index in [-0.39, 0.29) is 12.1 Å². The molecule has 1 atom stereocenters. The molecule has 25 heavy (non-hydrogen) atoms. The molecule has 0 aromatic rings. The quantitative estimate of drug-likeness (QED) is 0.210. The summed E-state index contributed by atoms with van der Waals surface area (Å²) in [6, 6.07) is 0. The summed E-state index contributed by atoms with van der Waals surface area (Å²) in [4.78, 5) is 11.4. The van der Waals surface area contributed by atoms with Crippen molar-refractivity contribution in [3.63, 3.8) is 0 Å². The van der Waals surface area contributed by atoms with Crippen LogP contribution in [0.25, 0.3) is 0 Å². The summed E-state index contributed by atoms with van der Waals surface area (Å²) in [5.41, 5.74) is 0. The van der Waals surface area contributed by atoms with Crippen LogP contribution in [-0.4, -0.2) is 23.8 Å². The van der Waals surface area contributed by atoms with Crippen LogP contribution in [-0.2, 0) is 9.53 Å². The van der Waals surface area contributed by atoms with Crippen LogP contribution in [0.4, 0.5) is 0 Å². The zero-order chi connectivity index (χ0) is 18.6. The molecule has 0 spiro atoms. The third-order valence-electron chi connectivity index (χ3n) is 4.82. The molecule has 0 fully saturated rings. The van der Waals surface area contributed by atoms with Crippen molar-refractivity contribution in [1.82, 2.24) is 0 Å². The molecule has 0 aliphatic carbocycles. The summed E-state index contributed by atoms with van der Waals surface area (Å²) in [6.45, 7) is 4.91. The highest BCUT2D eigenvalue weighted by Crippen LogP contribution is 2.14. The Bertz CT molecular complexity index is 278. The van der Waals surface area contributed by atoms with Crippen molar-refractivity contribution in [3.8, 4) is 0 Å². The molecule has 150 valence electrons. The molecular weight excluding hydrogens is 312 g/mol. The van der Waals surface area contributed by atoms with Crippen LogP contribution in [0.1, 0.15) is 123 Å². The Kier molecular flexibility index (Phi) is 19.3. The Hall–Kier alpha value is -0.570. The van der Waals surface area contributed by atoms with Crippen LogP contribution in [0, 0.1) is 0 Å². The second kappa shape index (κ2) is 19.8. The van der Waals surface area contributed by atoms with Gasteiger partial charge < -0.3 is 9.84 Å². The highest BCUT2D eigenvalue weighted by Gasteiger charge is 2.04. The molecule has 0 aliphatic rings. The van der Waals surface area contributed by atoms with Gasteiger partial charge in [-0.3, -0.25) is 4.79 Å². The van der Waals surface area contributed by atoms with Crippen LogP contribution in [0.5, 0.6) is 0 Å². The van der Waals surface area contributed by atoms with Crippen molar-refractivity contribution in [2.75, 3.05) is 6.61 Å². The topological polar surface area (TPSA) is 46.5 Å². The van der Waals surface area contributed by atoms with Gasteiger partial charge >= 0.3 is 5.97 Å². The molecule has 0 aliphatic heterocycles. The number of hydrogen-bond acceptors (Lipinski definition) is 3. The van der Waals surface area contributed by atoms with Crippen molar-refractivity contribution in [1.29, 1.82) is 0 Å². The van der Waals surface area contributed by atoms with Crippen LogP contribution >= 0.6 is 0 Å². The summed E-state index contributed by atoms with van der Waals surface area (Å²) < 4.78 is 5.15. The largest absolute Gasteiger partial charge is 0.466 e. The molecule has 0 bridgehead atoms. The van der Waals surface area contributed by atoms with Gasteiger partial charge in [-0.1, -0.05) is 90.9 Å². The standard InChI is InChI=1S/C22H44O3/c1-3-5-7-14-17-21(23)18-15-12-10-8-9-11-13-16-19-22(24)25-20-6-4-2/h21,23H,3-20H2,1-2H3/t21-/m0/s1. The Morgan fingerprint density at radius 3 is 1.76 bits per heavy atom. The smallest absolute Gasteiger partial charge is 0.305 e. The van der Waals surface area contributed by atoms with Gasteiger partial charge in [-0.25, -0.2) is 0 Å². The van der Waals surface area contributed by atoms with E-state index >= 15 is 0 Å². The minimum atomic E-state index is -0.0751. The highest BCUT2D eigenvalue weighted by atomic mass is 16.5. The van der Waals surface area contributed by atoms with Gasteiger partial charge in [0.25, 0.3) is 0 Å². The zero-order valence-electron chi connectivity index (χ0n) is 17.1. The van der Waals surface area contributed by atoms with Gasteiger partial charge in [0.05, 0.1) is 12.7 Å². The lowest BCUT2D eigenvalue weighted by Gasteiger charge is -2.10. The number of aliphatic hydroxyl groups is 1. The number of esters is 1. The van der Waals surface area contributed by atoms with Gasteiger partial charge in [0.2, 0.25) is 0 Å². The first-order chi connectivity index (χ1) is 12.2. The van der Waals surface area contributed by atoms with Crippen molar-refractivity contribution in [3.05, 3.63) is 0 Å². The molecule has 0 saturated heterocycles. The van der Waals surface area contributed by atoms with Crippen molar-refractivity contribution >= 4 is 5.97 Å². The normalized spacial score (nSPS) is 12.3. The molecular formula is C22H44O3. The second-order valence-corrected chi connectivity index (χ2v) is 7.44. The number of carbonyl (C=O) groups excluding carboxylic acids is 1. The van der Waals surface area contributed by atoms with Gasteiger partial charge in [0.1, 0.15) is 0 Å². The minimum Gasteiger partial charge on any atom is -0.466 e. The molecule has 0 unspecified atom stereocenters. The molecule has 0 aromatic carbocycles. The van der Waals surface area contributed by atoms with Gasteiger partial charge in [0.15, 0.2) is 0 Å². The fourth-order valence-electron chi connectivity index (χ4n) is 3.06. The molecule has 0 amide bonds. The highest BCUT2D eigenvalue weighted by molar-refractivity contribution is 5.69. The number of unbranched alkanes of at least 4 members (excludes halogenated alkanes) is 11. The monoisotopic (exact) mass is 356 g/mol. The average molecular weight is 357 g/mol. The van der Waals surface area contributed by atoms with E-state index in [1.165, 1.54) is 64.2 Å². The van der Waals surface area contributed by atoms with Crippen molar-refractivity contribution in [2.45, 2.75) is 129 Å². The SMILES string of the molecule is CCCCCC[C@H](O)CCCCCCCCCCC(=O)OCCCC. The van der Waals surface area contributed by atoms with Gasteiger partial charge in [-0.15, -0.1) is 0 Å². The summed E-state index contributed by atoms with van der Waals surface area (Å²) in [6.07, 6.45) is 19.1. The van der Waals surface area contributed by atoms with Gasteiger partial charge in [-0.05, 0) is 25.7 Å². The Morgan fingerprint density at radius 2 is 1.20 bits per heavy atom. The zero-order valence-corrected chi connectivity index (χ0v) is 17.1. The van der Waals surface area contributed by atoms with Crippen LogP contribution in [0.2, 0.25) is 0 Å². The minimum absolute atomic E-state index is 0.0262. The second-order valence-electron chi connectivity index (χ2n) is 7.44. The lowest BCUT2D eigenvalue weighted by Crippen LogP contribution is -2.05. The first-order valence-corrected chi connectivity index (χ1v) is 11.0. The predicted molar refractivity (Wildman–Crippen MR) is 107 cm³/mol. The van der Waals surface area contributed by atoms with Crippen LogP contribution in [0.3, 0.4) is 0 Å². The van der Waals surface area contributed by atoms with E-state index in [9.17, 15) is 9.90 Å². The number of hydrogen-bond donors (Lipinski definition) is 1. The van der Waals surface area contributed by atoms with Crippen LogP contribution in [0.15, 0.2) is 0 Å². The van der Waals surface area contributed by atoms with E-state index in [1.807, 2.05) is 0 Å². The molecule has 3 heteroatoms. The fraction of sp³-hybridized carbons (Fsp3) is 0.955. The number of rotatable bonds is 19. The first-order valence-electron chi connectivity index (χ1n) is 11.0. The third-order valence-corrected chi connectivity index (χ3v) is 4.82. The van der Waals surface area contributed by atoms with Crippen molar-refractivity contribution in [2.24, 2.45) is 0 Å². The van der Waals surface area contributed by atoms with E-state index in [0.29, 0.717) is 13.0 Å². The molecule has 0 saturated carbocycles. The van der Waals surface area contributed by atoms with Crippen LogP contribution < -0.4 is 0 Å². The molecule has 0 aromatic heterocycles. The molecule has 0 radical (unpaired) electrons. The summed E-state index contributed by atoms with van der Waals surface area (Å²) in [5, 5.41) is 9.92. The Labute approximate surface area is 156 Å². The van der Waals surface area contributed by atoms with Gasteiger partial charge in [0, 0.05) is 6.42 Å². The Morgan fingerprint density at radius 1 is 0.720 bits per heavy atom. The fourth-order valence-corrected chi connectivity index (χ4v) is 3.06. The van der Waals surface area contributed by atoms with E-state index in [0.717, 1.165) is 38.5 Å². The van der Waals surface area contributed by atoms with Crippen molar-refractivity contribution < 1.29 is 14.6 Å². The maximum atomic E-state index is 11.4.